The molecule has 0 radical (unpaired) electrons. The van der Waals surface area contributed by atoms with E-state index in [2.05, 4.69) is 10.3 Å². The van der Waals surface area contributed by atoms with Crippen LogP contribution in [0, 0.1) is 0 Å². The van der Waals surface area contributed by atoms with Crippen LogP contribution in [0.2, 0.25) is 0 Å². The number of aromatic hydroxyl groups is 1. The Kier molecular flexibility index (Phi) is 2.32. The highest BCUT2D eigenvalue weighted by atomic mass is 16.4. The Labute approximate surface area is 90.8 Å². The Morgan fingerprint density at radius 3 is 2.75 bits per heavy atom. The summed E-state index contributed by atoms with van der Waals surface area (Å²) >= 11 is 0. The molecule has 2 aromatic rings. The van der Waals surface area contributed by atoms with Crippen molar-refractivity contribution in [2.45, 2.75) is 0 Å². The second-order valence-electron chi connectivity index (χ2n) is 3.28. The van der Waals surface area contributed by atoms with E-state index >= 15 is 0 Å². The Hall–Kier alpha value is -2.37. The fourth-order valence-electron chi connectivity index (χ4n) is 1.42. The summed E-state index contributed by atoms with van der Waals surface area (Å²) < 4.78 is 1.53. The molecule has 6 nitrogen and oxygen atoms in total. The molecule has 0 atom stereocenters. The SMILES string of the molecule is Cn1nncc1-c1ccc(O)c(C(=O)O)c1. The van der Waals surface area contributed by atoms with Crippen LogP contribution in [0.25, 0.3) is 11.3 Å². The molecule has 6 heteroatoms. The first-order valence-corrected chi connectivity index (χ1v) is 4.51. The number of aromatic nitrogens is 3. The third-order valence-electron chi connectivity index (χ3n) is 2.24. The van der Waals surface area contributed by atoms with Crippen molar-refractivity contribution >= 4 is 5.97 Å². The maximum Gasteiger partial charge on any atom is 0.339 e. The van der Waals surface area contributed by atoms with Gasteiger partial charge in [0.2, 0.25) is 0 Å². The summed E-state index contributed by atoms with van der Waals surface area (Å²) in [4.78, 5) is 10.8. The minimum atomic E-state index is -1.17. The number of nitrogens with zero attached hydrogens (tertiary/aromatic N) is 3. The molecule has 0 aliphatic rings. The van der Waals surface area contributed by atoms with Gasteiger partial charge in [-0.1, -0.05) is 5.21 Å². The lowest BCUT2D eigenvalue weighted by Gasteiger charge is -2.04. The van der Waals surface area contributed by atoms with Crippen molar-refractivity contribution in [1.82, 2.24) is 15.0 Å². The van der Waals surface area contributed by atoms with Crippen LogP contribution in [0.1, 0.15) is 10.4 Å². The summed E-state index contributed by atoms with van der Waals surface area (Å²) in [5.41, 5.74) is 1.18. The number of aromatic carboxylic acids is 1. The minimum Gasteiger partial charge on any atom is -0.507 e. The summed E-state index contributed by atoms with van der Waals surface area (Å²) in [6.45, 7) is 0. The second-order valence-corrected chi connectivity index (χ2v) is 3.28. The van der Waals surface area contributed by atoms with E-state index in [9.17, 15) is 9.90 Å². The van der Waals surface area contributed by atoms with Gasteiger partial charge in [0.15, 0.2) is 0 Å². The van der Waals surface area contributed by atoms with Crippen LogP contribution in [-0.4, -0.2) is 31.2 Å². The zero-order valence-electron chi connectivity index (χ0n) is 8.45. The monoisotopic (exact) mass is 219 g/mol. The Morgan fingerprint density at radius 2 is 2.19 bits per heavy atom. The van der Waals surface area contributed by atoms with Crippen LogP contribution in [0.5, 0.6) is 5.75 Å². The Bertz CT molecular complexity index is 548. The smallest absolute Gasteiger partial charge is 0.339 e. The molecule has 0 spiro atoms. The molecule has 0 saturated carbocycles. The van der Waals surface area contributed by atoms with Gasteiger partial charge >= 0.3 is 5.97 Å². The molecule has 0 aliphatic carbocycles. The van der Waals surface area contributed by atoms with Gasteiger partial charge in [0.05, 0.1) is 11.9 Å². The fourth-order valence-corrected chi connectivity index (χ4v) is 1.42. The van der Waals surface area contributed by atoms with E-state index in [1.54, 1.807) is 13.1 Å². The zero-order chi connectivity index (χ0) is 11.7. The van der Waals surface area contributed by atoms with E-state index in [0.29, 0.717) is 11.3 Å². The highest BCUT2D eigenvalue weighted by molar-refractivity contribution is 5.92. The maximum atomic E-state index is 10.8. The van der Waals surface area contributed by atoms with Crippen molar-refractivity contribution in [1.29, 1.82) is 0 Å². The molecule has 2 rings (SSSR count). The van der Waals surface area contributed by atoms with Gasteiger partial charge in [-0.05, 0) is 18.2 Å². The highest BCUT2D eigenvalue weighted by Gasteiger charge is 2.12. The van der Waals surface area contributed by atoms with Gasteiger partial charge in [-0.15, -0.1) is 5.10 Å². The van der Waals surface area contributed by atoms with Crippen LogP contribution >= 0.6 is 0 Å². The molecule has 2 N–H and O–H groups in total. The molecule has 0 bridgehead atoms. The van der Waals surface area contributed by atoms with Gasteiger partial charge in [0.1, 0.15) is 11.3 Å². The molecule has 0 aliphatic heterocycles. The molecular formula is C10H9N3O3. The molecule has 1 heterocycles. The first-order valence-electron chi connectivity index (χ1n) is 4.51. The summed E-state index contributed by atoms with van der Waals surface area (Å²) in [6, 6.07) is 4.34. The topological polar surface area (TPSA) is 88.2 Å². The average molecular weight is 219 g/mol. The van der Waals surface area contributed by atoms with Gasteiger partial charge in [-0.25, -0.2) is 9.48 Å². The van der Waals surface area contributed by atoms with Crippen molar-refractivity contribution in [2.75, 3.05) is 0 Å². The Balaban J connectivity index is 2.56. The van der Waals surface area contributed by atoms with Gasteiger partial charge in [-0.3, -0.25) is 0 Å². The third-order valence-corrected chi connectivity index (χ3v) is 2.24. The van der Waals surface area contributed by atoms with Gasteiger partial charge in [0, 0.05) is 12.6 Å². The quantitative estimate of drug-likeness (QED) is 0.782. The number of phenols is 1. The van der Waals surface area contributed by atoms with Gasteiger partial charge in [0.25, 0.3) is 0 Å². The van der Waals surface area contributed by atoms with Crippen molar-refractivity contribution in [3.05, 3.63) is 30.0 Å². The number of benzene rings is 1. The van der Waals surface area contributed by atoms with Gasteiger partial charge < -0.3 is 10.2 Å². The van der Waals surface area contributed by atoms with E-state index in [1.165, 1.54) is 23.0 Å². The summed E-state index contributed by atoms with van der Waals surface area (Å²) in [6.07, 6.45) is 1.53. The predicted octanol–water partition coefficient (Wildman–Crippen LogP) is 0.886. The van der Waals surface area contributed by atoms with E-state index < -0.39 is 5.97 Å². The lowest BCUT2D eigenvalue weighted by Crippen LogP contribution is -1.99. The zero-order valence-corrected chi connectivity index (χ0v) is 8.45. The number of carbonyl (C=O) groups is 1. The van der Waals surface area contributed by atoms with Crippen LogP contribution in [-0.2, 0) is 7.05 Å². The minimum absolute atomic E-state index is 0.140. The molecule has 1 aromatic heterocycles. The lowest BCUT2D eigenvalue weighted by atomic mass is 10.1. The van der Waals surface area contributed by atoms with Crippen molar-refractivity contribution in [3.63, 3.8) is 0 Å². The molecule has 82 valence electrons. The average Bonchev–Trinajstić information content (AvgIpc) is 2.65. The summed E-state index contributed by atoms with van der Waals surface area (Å²) in [5.74, 6) is -1.43. The maximum absolute atomic E-state index is 10.8. The lowest BCUT2D eigenvalue weighted by molar-refractivity contribution is 0.0694. The number of hydrogen-bond acceptors (Lipinski definition) is 4. The van der Waals surface area contributed by atoms with Crippen LogP contribution in [0.4, 0.5) is 0 Å². The summed E-state index contributed by atoms with van der Waals surface area (Å²) in [7, 11) is 1.70. The normalized spacial score (nSPS) is 10.3. The van der Waals surface area contributed by atoms with E-state index in [1.807, 2.05) is 0 Å². The number of hydrogen-bond donors (Lipinski definition) is 2. The molecule has 0 unspecified atom stereocenters. The number of rotatable bonds is 2. The van der Waals surface area contributed by atoms with Crippen molar-refractivity contribution in [2.24, 2.45) is 7.05 Å². The molecule has 0 amide bonds. The molecule has 0 fully saturated rings. The van der Waals surface area contributed by atoms with Crippen molar-refractivity contribution < 1.29 is 15.0 Å². The molecule has 1 aromatic carbocycles. The highest BCUT2D eigenvalue weighted by Crippen LogP contribution is 2.24. The summed E-state index contributed by atoms with van der Waals surface area (Å²) in [5, 5.41) is 25.7. The first-order chi connectivity index (χ1) is 7.59. The largest absolute Gasteiger partial charge is 0.507 e. The fraction of sp³-hybridized carbons (Fsp3) is 0.100. The predicted molar refractivity (Wildman–Crippen MR) is 55.1 cm³/mol. The van der Waals surface area contributed by atoms with Crippen molar-refractivity contribution in [3.8, 4) is 17.0 Å². The number of carboxylic acid groups (broad SMARTS) is 1. The molecule has 16 heavy (non-hydrogen) atoms. The molecular weight excluding hydrogens is 210 g/mol. The van der Waals surface area contributed by atoms with E-state index in [4.69, 9.17) is 5.11 Å². The third kappa shape index (κ3) is 1.60. The second kappa shape index (κ2) is 3.65. The van der Waals surface area contributed by atoms with Crippen LogP contribution < -0.4 is 0 Å². The number of aryl methyl sites for hydroxylation is 1. The van der Waals surface area contributed by atoms with Crippen LogP contribution in [0.3, 0.4) is 0 Å². The van der Waals surface area contributed by atoms with Crippen LogP contribution in [0.15, 0.2) is 24.4 Å². The van der Waals surface area contributed by atoms with Gasteiger partial charge in [-0.2, -0.15) is 0 Å². The first kappa shape index (κ1) is 10.2. The molecule has 0 saturated heterocycles. The van der Waals surface area contributed by atoms with E-state index in [0.717, 1.165) is 0 Å². The standard InChI is InChI=1S/C10H9N3O3/c1-13-8(5-11-12-13)6-2-3-9(14)7(4-6)10(15)16/h2-5,14H,1H3,(H,15,16). The van der Waals surface area contributed by atoms with E-state index in [-0.39, 0.29) is 11.3 Å². The number of carboxylic acids is 1. The Morgan fingerprint density at radius 1 is 1.44 bits per heavy atom.